The van der Waals surface area contributed by atoms with Crippen LogP contribution < -0.4 is 0 Å². The molecule has 1 aromatic carbocycles. The largest absolute Gasteiger partial charge is 0.469 e. The number of hydrogen-bond acceptors (Lipinski definition) is 3. The van der Waals surface area contributed by atoms with Gasteiger partial charge in [-0.05, 0) is 12.1 Å². The predicted molar refractivity (Wildman–Crippen MR) is 55.7 cm³/mol. The van der Waals surface area contributed by atoms with Gasteiger partial charge in [-0.2, -0.15) is 0 Å². The third kappa shape index (κ3) is 3.00. The molecular formula is C10H10BrFO3. The number of halogens is 2. The first-order valence-electron chi connectivity index (χ1n) is 4.25. The van der Waals surface area contributed by atoms with Gasteiger partial charge in [-0.3, -0.25) is 4.79 Å². The third-order valence-electron chi connectivity index (χ3n) is 1.92. The monoisotopic (exact) mass is 276 g/mol. The molecule has 0 heterocycles. The number of carbonyl (C=O) groups is 1. The fourth-order valence-electron chi connectivity index (χ4n) is 1.17. The highest BCUT2D eigenvalue weighted by molar-refractivity contribution is 9.10. The van der Waals surface area contributed by atoms with E-state index in [2.05, 4.69) is 20.7 Å². The molecule has 82 valence electrons. The lowest BCUT2D eigenvalue weighted by Crippen LogP contribution is -2.10. The average Bonchev–Trinajstić information content (AvgIpc) is 2.17. The summed E-state index contributed by atoms with van der Waals surface area (Å²) < 4.78 is 18.1. The molecule has 0 bridgehead atoms. The Morgan fingerprint density at radius 2 is 2.33 bits per heavy atom. The second kappa shape index (κ2) is 5.23. The van der Waals surface area contributed by atoms with E-state index in [0.29, 0.717) is 4.47 Å². The van der Waals surface area contributed by atoms with Crippen LogP contribution in [0.2, 0.25) is 0 Å². The molecule has 0 fully saturated rings. The van der Waals surface area contributed by atoms with E-state index in [1.54, 1.807) is 6.07 Å². The number of hydrogen-bond donors (Lipinski definition) is 1. The normalized spacial score (nSPS) is 12.3. The number of carbonyl (C=O) groups excluding carboxylic acids is 1. The van der Waals surface area contributed by atoms with Crippen molar-refractivity contribution in [1.82, 2.24) is 0 Å². The molecule has 0 aromatic heterocycles. The molecule has 0 saturated heterocycles. The lowest BCUT2D eigenvalue weighted by atomic mass is 10.1. The number of ether oxygens (including phenoxy) is 1. The van der Waals surface area contributed by atoms with Gasteiger partial charge in [0.25, 0.3) is 0 Å². The Morgan fingerprint density at radius 3 is 2.87 bits per heavy atom. The van der Waals surface area contributed by atoms with Gasteiger partial charge >= 0.3 is 5.97 Å². The topological polar surface area (TPSA) is 46.5 Å². The molecule has 1 N–H and O–H groups in total. The van der Waals surface area contributed by atoms with Crippen molar-refractivity contribution < 1.29 is 19.0 Å². The Kier molecular flexibility index (Phi) is 4.23. The van der Waals surface area contributed by atoms with Crippen LogP contribution in [0.15, 0.2) is 22.7 Å². The summed E-state index contributed by atoms with van der Waals surface area (Å²) in [5.74, 6) is -1.14. The highest BCUT2D eigenvalue weighted by Gasteiger charge is 2.19. The second-order valence-electron chi connectivity index (χ2n) is 2.93. The fourth-order valence-corrected chi connectivity index (χ4v) is 1.78. The lowest BCUT2D eigenvalue weighted by molar-refractivity contribution is -0.142. The lowest BCUT2D eigenvalue weighted by Gasteiger charge is -2.12. The van der Waals surface area contributed by atoms with Gasteiger partial charge in [0.05, 0.1) is 19.6 Å². The summed E-state index contributed by atoms with van der Waals surface area (Å²) in [6.07, 6.45) is -1.47. The number of methoxy groups -OCH3 is 1. The van der Waals surface area contributed by atoms with E-state index in [1.807, 2.05) is 0 Å². The summed E-state index contributed by atoms with van der Waals surface area (Å²) in [6, 6.07) is 4.33. The molecule has 0 radical (unpaired) electrons. The van der Waals surface area contributed by atoms with E-state index in [9.17, 15) is 14.3 Å². The van der Waals surface area contributed by atoms with Crippen molar-refractivity contribution in [2.75, 3.05) is 7.11 Å². The molecule has 1 rings (SSSR count). The maximum atomic E-state index is 13.3. The van der Waals surface area contributed by atoms with Crippen LogP contribution in [0, 0.1) is 5.82 Å². The first-order valence-corrected chi connectivity index (χ1v) is 5.04. The molecule has 0 spiro atoms. The molecule has 0 unspecified atom stereocenters. The summed E-state index contributed by atoms with van der Waals surface area (Å²) in [4.78, 5) is 10.9. The zero-order chi connectivity index (χ0) is 11.4. The van der Waals surface area contributed by atoms with Crippen LogP contribution in [0.5, 0.6) is 0 Å². The highest BCUT2D eigenvalue weighted by atomic mass is 79.9. The van der Waals surface area contributed by atoms with Crippen LogP contribution in [-0.2, 0) is 9.53 Å². The molecule has 1 atom stereocenters. The first-order chi connectivity index (χ1) is 7.06. The van der Waals surface area contributed by atoms with Crippen molar-refractivity contribution >= 4 is 21.9 Å². The van der Waals surface area contributed by atoms with Crippen LogP contribution in [0.4, 0.5) is 4.39 Å². The van der Waals surface area contributed by atoms with Gasteiger partial charge in [-0.15, -0.1) is 0 Å². The summed E-state index contributed by atoms with van der Waals surface area (Å²) in [6.45, 7) is 0. The number of esters is 1. The molecule has 0 amide bonds. The van der Waals surface area contributed by atoms with Gasteiger partial charge in [0.15, 0.2) is 0 Å². The number of rotatable bonds is 3. The maximum Gasteiger partial charge on any atom is 0.308 e. The molecule has 0 saturated carbocycles. The predicted octanol–water partition coefficient (Wildman–Crippen LogP) is 2.18. The Morgan fingerprint density at radius 1 is 1.67 bits per heavy atom. The minimum atomic E-state index is -1.20. The second-order valence-corrected chi connectivity index (χ2v) is 3.79. The minimum absolute atomic E-state index is 0.0721. The van der Waals surface area contributed by atoms with Crippen LogP contribution >= 0.6 is 15.9 Å². The molecule has 0 aliphatic carbocycles. The van der Waals surface area contributed by atoms with E-state index in [4.69, 9.17) is 0 Å². The number of benzene rings is 1. The summed E-state index contributed by atoms with van der Waals surface area (Å²) in [5, 5.41) is 9.61. The van der Waals surface area contributed by atoms with E-state index in [-0.39, 0.29) is 12.0 Å². The number of aliphatic hydroxyl groups excluding tert-OH is 1. The Labute approximate surface area is 95.0 Å². The molecule has 3 nitrogen and oxygen atoms in total. The van der Waals surface area contributed by atoms with Gasteiger partial charge in [0, 0.05) is 10.0 Å². The van der Waals surface area contributed by atoms with Crippen LogP contribution in [0.25, 0.3) is 0 Å². The van der Waals surface area contributed by atoms with Crippen LogP contribution in [0.1, 0.15) is 18.1 Å². The van der Waals surface area contributed by atoms with Gasteiger partial charge in [-0.1, -0.05) is 22.0 Å². The fraction of sp³-hybridized carbons (Fsp3) is 0.300. The van der Waals surface area contributed by atoms with Gasteiger partial charge < -0.3 is 9.84 Å². The van der Waals surface area contributed by atoms with E-state index < -0.39 is 17.9 Å². The first kappa shape index (κ1) is 12.1. The van der Waals surface area contributed by atoms with Crippen molar-refractivity contribution in [3.05, 3.63) is 34.1 Å². The average molecular weight is 277 g/mol. The zero-order valence-electron chi connectivity index (χ0n) is 8.04. The van der Waals surface area contributed by atoms with Crippen molar-refractivity contribution in [1.29, 1.82) is 0 Å². The SMILES string of the molecule is COC(=O)C[C@H](O)c1c(F)cccc1Br. The Hall–Kier alpha value is -0.940. The highest BCUT2D eigenvalue weighted by Crippen LogP contribution is 2.28. The Balaban J connectivity index is 2.90. The third-order valence-corrected chi connectivity index (χ3v) is 2.61. The zero-order valence-corrected chi connectivity index (χ0v) is 9.62. The van der Waals surface area contributed by atoms with Crippen LogP contribution in [-0.4, -0.2) is 18.2 Å². The molecule has 0 aliphatic rings. The molecule has 5 heteroatoms. The van der Waals surface area contributed by atoms with Crippen molar-refractivity contribution in [2.24, 2.45) is 0 Å². The van der Waals surface area contributed by atoms with E-state index >= 15 is 0 Å². The Bertz CT molecular complexity index is 347. The molecular weight excluding hydrogens is 267 g/mol. The van der Waals surface area contributed by atoms with E-state index in [1.165, 1.54) is 19.2 Å². The minimum Gasteiger partial charge on any atom is -0.469 e. The number of aliphatic hydroxyl groups is 1. The molecule has 15 heavy (non-hydrogen) atoms. The summed E-state index contributed by atoms with van der Waals surface area (Å²) in [7, 11) is 1.21. The maximum absolute atomic E-state index is 13.3. The van der Waals surface area contributed by atoms with Crippen molar-refractivity contribution in [3.8, 4) is 0 Å². The quantitative estimate of drug-likeness (QED) is 0.861. The smallest absolute Gasteiger partial charge is 0.308 e. The van der Waals surface area contributed by atoms with Crippen molar-refractivity contribution in [2.45, 2.75) is 12.5 Å². The summed E-state index contributed by atoms with van der Waals surface area (Å²) in [5.41, 5.74) is 0.0721. The van der Waals surface area contributed by atoms with Gasteiger partial charge in [0.2, 0.25) is 0 Å². The van der Waals surface area contributed by atoms with Gasteiger partial charge in [-0.25, -0.2) is 4.39 Å². The summed E-state index contributed by atoms with van der Waals surface area (Å²) >= 11 is 3.11. The van der Waals surface area contributed by atoms with Gasteiger partial charge in [0.1, 0.15) is 5.82 Å². The van der Waals surface area contributed by atoms with Crippen LogP contribution in [0.3, 0.4) is 0 Å². The van der Waals surface area contributed by atoms with E-state index in [0.717, 1.165) is 0 Å². The molecule has 1 aromatic rings. The standard InChI is InChI=1S/C10H10BrFO3/c1-15-9(14)5-8(13)10-6(11)3-2-4-7(10)12/h2-4,8,13H,5H2,1H3/t8-/m0/s1. The van der Waals surface area contributed by atoms with Crippen molar-refractivity contribution in [3.63, 3.8) is 0 Å². The molecule has 0 aliphatic heterocycles.